The maximum absolute atomic E-state index is 12.5. The Labute approximate surface area is 171 Å². The highest BCUT2D eigenvalue weighted by Gasteiger charge is 2.34. The van der Waals surface area contributed by atoms with Gasteiger partial charge in [0.25, 0.3) is 0 Å². The fourth-order valence-corrected chi connectivity index (χ4v) is 3.84. The minimum atomic E-state index is -0.192. The number of guanidine groups is 1. The second kappa shape index (κ2) is 9.08. The summed E-state index contributed by atoms with van der Waals surface area (Å²) in [5.41, 5.74) is 6.59. The summed E-state index contributed by atoms with van der Waals surface area (Å²) < 4.78 is 0. The maximum Gasteiger partial charge on any atom is 0.324 e. The number of H-pyrrole nitrogens is 1. The number of nitrogens with one attached hydrogen (secondary N) is 3. The highest BCUT2D eigenvalue weighted by molar-refractivity contribution is 5.95. The first-order valence-corrected chi connectivity index (χ1v) is 9.92. The Hall–Kier alpha value is -2.88. The number of carbonyl (C=O) groups is 1. The fraction of sp³-hybridized carbons (Fsp3) is 0.579. The number of amides is 2. The van der Waals surface area contributed by atoms with Crippen LogP contribution in [0.1, 0.15) is 20.3 Å². The summed E-state index contributed by atoms with van der Waals surface area (Å²) in [6.07, 6.45) is 4.42. The van der Waals surface area contributed by atoms with Crippen molar-refractivity contribution in [1.29, 1.82) is 0 Å². The predicted octanol–water partition coefficient (Wildman–Crippen LogP) is 0.942. The van der Waals surface area contributed by atoms with Gasteiger partial charge in [-0.3, -0.25) is 5.32 Å². The molecule has 1 aliphatic heterocycles. The lowest BCUT2D eigenvalue weighted by Gasteiger charge is -2.29. The summed E-state index contributed by atoms with van der Waals surface area (Å²) >= 11 is 0. The van der Waals surface area contributed by atoms with Crippen molar-refractivity contribution in [1.82, 2.24) is 30.5 Å². The van der Waals surface area contributed by atoms with Gasteiger partial charge in [-0.25, -0.2) is 19.8 Å². The number of likely N-dealkylation sites (tertiary alicyclic amines) is 1. The third-order valence-electron chi connectivity index (χ3n) is 5.67. The molecule has 1 saturated heterocycles. The van der Waals surface area contributed by atoms with E-state index in [0.29, 0.717) is 31.6 Å². The average Bonchev–Trinajstić information content (AvgIpc) is 3.32. The molecule has 29 heavy (non-hydrogen) atoms. The number of aromatic nitrogens is 3. The molecular weight excluding hydrogens is 370 g/mol. The van der Waals surface area contributed by atoms with Crippen LogP contribution in [-0.4, -0.2) is 71.7 Å². The molecule has 0 spiro atoms. The van der Waals surface area contributed by atoms with E-state index in [2.05, 4.69) is 56.4 Å². The standard InChI is InChI=1S/C19H31N9O/c1-12-8-28(19(29)26-18(20)25-10-21-3)9-14(12)7-13(2)27(4)17-15-5-6-22-16(15)23-11-24-17/h5-6,11-14,21H,7-10H2,1-4H3,(H,22,23,24)(H3,20,25,26,29)/t12?,13?,14-/m1/s1. The Morgan fingerprint density at radius 3 is 3.03 bits per heavy atom. The first kappa shape index (κ1) is 20.8. The van der Waals surface area contributed by atoms with Crippen LogP contribution in [-0.2, 0) is 0 Å². The zero-order chi connectivity index (χ0) is 21.0. The van der Waals surface area contributed by atoms with E-state index in [-0.39, 0.29) is 18.0 Å². The van der Waals surface area contributed by atoms with Gasteiger partial charge in [-0.2, -0.15) is 0 Å². The molecule has 5 N–H and O–H groups in total. The van der Waals surface area contributed by atoms with E-state index in [0.717, 1.165) is 23.3 Å². The van der Waals surface area contributed by atoms with E-state index in [1.807, 2.05) is 17.2 Å². The predicted molar refractivity (Wildman–Crippen MR) is 115 cm³/mol. The Morgan fingerprint density at radius 1 is 1.48 bits per heavy atom. The molecule has 2 amide bonds. The molecule has 2 aromatic heterocycles. The smallest absolute Gasteiger partial charge is 0.324 e. The first-order valence-electron chi connectivity index (χ1n) is 9.92. The van der Waals surface area contributed by atoms with Gasteiger partial charge in [0.1, 0.15) is 17.8 Å². The highest BCUT2D eigenvalue weighted by atomic mass is 16.2. The molecule has 10 heteroatoms. The average molecular weight is 402 g/mol. The molecule has 3 atom stereocenters. The van der Waals surface area contributed by atoms with Gasteiger partial charge >= 0.3 is 6.03 Å². The van der Waals surface area contributed by atoms with E-state index in [1.54, 1.807) is 13.4 Å². The Bertz CT molecular complexity index is 864. The van der Waals surface area contributed by atoms with Gasteiger partial charge in [0, 0.05) is 32.4 Å². The van der Waals surface area contributed by atoms with Crippen LogP contribution in [0.4, 0.5) is 10.6 Å². The molecule has 1 fully saturated rings. The van der Waals surface area contributed by atoms with Crippen molar-refractivity contribution in [2.45, 2.75) is 26.3 Å². The number of hydrogen-bond donors (Lipinski definition) is 4. The van der Waals surface area contributed by atoms with Crippen LogP contribution < -0.4 is 21.3 Å². The third-order valence-corrected chi connectivity index (χ3v) is 5.67. The molecule has 158 valence electrons. The molecule has 2 aromatic rings. The number of nitrogens with zero attached hydrogens (tertiary/aromatic N) is 5. The largest absolute Gasteiger partial charge is 0.370 e. The lowest BCUT2D eigenvalue weighted by Crippen LogP contribution is -2.45. The maximum atomic E-state index is 12.5. The van der Waals surface area contributed by atoms with Crippen molar-refractivity contribution in [2.75, 3.05) is 38.8 Å². The van der Waals surface area contributed by atoms with Crippen molar-refractivity contribution < 1.29 is 4.79 Å². The summed E-state index contributed by atoms with van der Waals surface area (Å²) in [5.74, 6) is 1.85. The molecule has 0 radical (unpaired) electrons. The second-order valence-electron chi connectivity index (χ2n) is 7.76. The van der Waals surface area contributed by atoms with E-state index in [9.17, 15) is 4.79 Å². The lowest BCUT2D eigenvalue weighted by atomic mass is 9.91. The van der Waals surface area contributed by atoms with E-state index in [4.69, 9.17) is 5.73 Å². The first-order chi connectivity index (χ1) is 13.9. The minimum Gasteiger partial charge on any atom is -0.370 e. The topological polar surface area (TPSA) is 128 Å². The minimum absolute atomic E-state index is 0.132. The van der Waals surface area contributed by atoms with E-state index >= 15 is 0 Å². The fourth-order valence-electron chi connectivity index (χ4n) is 3.84. The Morgan fingerprint density at radius 2 is 2.28 bits per heavy atom. The summed E-state index contributed by atoms with van der Waals surface area (Å²) in [4.78, 5) is 32.4. The summed E-state index contributed by atoms with van der Waals surface area (Å²) in [7, 11) is 3.83. The number of nitrogens with two attached hydrogens (primary N) is 1. The summed E-state index contributed by atoms with van der Waals surface area (Å²) in [6, 6.07) is 2.07. The molecule has 0 aliphatic carbocycles. The Balaban J connectivity index is 1.60. The summed E-state index contributed by atoms with van der Waals surface area (Å²) in [5, 5.41) is 6.54. The number of carbonyl (C=O) groups excluding carboxylic acids is 1. The van der Waals surface area contributed by atoms with Gasteiger partial charge in [0.2, 0.25) is 0 Å². The van der Waals surface area contributed by atoms with Crippen molar-refractivity contribution in [3.05, 3.63) is 18.6 Å². The zero-order valence-electron chi connectivity index (χ0n) is 17.5. The van der Waals surface area contributed by atoms with Crippen LogP contribution in [0, 0.1) is 11.8 Å². The summed E-state index contributed by atoms with van der Waals surface area (Å²) in [6.45, 7) is 6.17. The zero-order valence-corrected chi connectivity index (χ0v) is 17.5. The van der Waals surface area contributed by atoms with Gasteiger partial charge in [-0.1, -0.05) is 6.92 Å². The number of urea groups is 1. The van der Waals surface area contributed by atoms with Crippen LogP contribution in [0.2, 0.25) is 0 Å². The van der Waals surface area contributed by atoms with Crippen LogP contribution in [0.25, 0.3) is 11.0 Å². The molecule has 3 heterocycles. The molecule has 3 rings (SSSR count). The van der Waals surface area contributed by atoms with Crippen LogP contribution in [0.15, 0.2) is 23.6 Å². The molecule has 1 aliphatic rings. The molecule has 0 saturated carbocycles. The van der Waals surface area contributed by atoms with Crippen molar-refractivity contribution in [2.24, 2.45) is 22.6 Å². The molecule has 0 aromatic carbocycles. The normalized spacial score (nSPS) is 20.8. The highest BCUT2D eigenvalue weighted by Crippen LogP contribution is 2.30. The van der Waals surface area contributed by atoms with Crippen molar-refractivity contribution in [3.8, 4) is 0 Å². The molecule has 0 bridgehead atoms. The number of aromatic amines is 1. The number of hydrogen-bond acceptors (Lipinski definition) is 6. The third kappa shape index (κ3) is 4.76. The van der Waals surface area contributed by atoms with Gasteiger partial charge in [0.15, 0.2) is 5.96 Å². The number of anilines is 1. The van der Waals surface area contributed by atoms with Gasteiger partial charge < -0.3 is 25.8 Å². The monoisotopic (exact) mass is 401 g/mol. The number of rotatable bonds is 6. The molecular formula is C19H31N9O. The van der Waals surface area contributed by atoms with Crippen molar-refractivity contribution in [3.63, 3.8) is 0 Å². The van der Waals surface area contributed by atoms with Gasteiger partial charge in [-0.15, -0.1) is 0 Å². The van der Waals surface area contributed by atoms with E-state index in [1.165, 1.54) is 0 Å². The molecule has 2 unspecified atom stereocenters. The number of aliphatic imine (C=N–C) groups is 1. The SMILES string of the molecule is CNCN=C(N)NC(=O)N1CC(C)[C@H](CC(C)N(C)c2ncnc3[nH]ccc23)C1. The van der Waals surface area contributed by atoms with Crippen LogP contribution >= 0.6 is 0 Å². The Kier molecular flexibility index (Phi) is 6.53. The van der Waals surface area contributed by atoms with Crippen LogP contribution in [0.3, 0.4) is 0 Å². The van der Waals surface area contributed by atoms with Gasteiger partial charge in [-0.05, 0) is 38.3 Å². The van der Waals surface area contributed by atoms with Crippen LogP contribution in [0.5, 0.6) is 0 Å². The van der Waals surface area contributed by atoms with Gasteiger partial charge in [0.05, 0.1) is 12.1 Å². The van der Waals surface area contributed by atoms with E-state index < -0.39 is 0 Å². The quantitative estimate of drug-likeness (QED) is 0.421. The lowest BCUT2D eigenvalue weighted by molar-refractivity contribution is 0.211. The van der Waals surface area contributed by atoms with Crippen molar-refractivity contribution >= 4 is 28.8 Å². The second-order valence-corrected chi connectivity index (χ2v) is 7.76. The molecule has 10 nitrogen and oxygen atoms in total. The number of fused-ring (bicyclic) bond motifs is 1.